The summed E-state index contributed by atoms with van der Waals surface area (Å²) in [6.07, 6.45) is 4.51. The summed E-state index contributed by atoms with van der Waals surface area (Å²) >= 11 is 0. The van der Waals surface area contributed by atoms with Crippen molar-refractivity contribution in [3.05, 3.63) is 24.4 Å². The van der Waals surface area contributed by atoms with Crippen molar-refractivity contribution in [1.29, 1.82) is 0 Å². The van der Waals surface area contributed by atoms with Crippen LogP contribution in [0.4, 0.5) is 5.69 Å². The SMILES string of the molecule is Cl.O=C(CCC1CCNC1)Nc1ccc2cn[nH]c2c1. The van der Waals surface area contributed by atoms with Crippen LogP contribution in [0.15, 0.2) is 24.4 Å². The summed E-state index contributed by atoms with van der Waals surface area (Å²) in [4.78, 5) is 11.9. The molecule has 0 bridgehead atoms. The highest BCUT2D eigenvalue weighted by molar-refractivity contribution is 5.93. The summed E-state index contributed by atoms with van der Waals surface area (Å²) in [5.41, 5.74) is 1.77. The number of nitrogens with one attached hydrogen (secondary N) is 3. The average Bonchev–Trinajstić information content (AvgIpc) is 3.07. The van der Waals surface area contributed by atoms with Crippen molar-refractivity contribution in [3.8, 4) is 0 Å². The number of carbonyl (C=O) groups excluding carboxylic acids is 1. The number of carbonyl (C=O) groups is 1. The number of hydrogen-bond acceptors (Lipinski definition) is 3. The summed E-state index contributed by atoms with van der Waals surface area (Å²) in [6.45, 7) is 2.14. The molecule has 3 N–H and O–H groups in total. The van der Waals surface area contributed by atoms with Gasteiger partial charge in [0.1, 0.15) is 0 Å². The van der Waals surface area contributed by atoms with Crippen molar-refractivity contribution >= 4 is 34.9 Å². The molecule has 6 heteroatoms. The summed E-state index contributed by atoms with van der Waals surface area (Å²) in [5, 5.41) is 14.2. The number of rotatable bonds is 4. The zero-order chi connectivity index (χ0) is 13.1. The molecule has 1 aromatic carbocycles. The van der Waals surface area contributed by atoms with Crippen LogP contribution < -0.4 is 10.6 Å². The normalized spacial score (nSPS) is 17.9. The first-order valence-electron chi connectivity index (χ1n) is 6.75. The smallest absolute Gasteiger partial charge is 0.224 e. The van der Waals surface area contributed by atoms with Crippen LogP contribution in [0.25, 0.3) is 10.9 Å². The molecule has 0 saturated carbocycles. The number of halogens is 1. The van der Waals surface area contributed by atoms with E-state index in [0.717, 1.165) is 36.1 Å². The molecule has 2 aromatic rings. The van der Waals surface area contributed by atoms with Crippen LogP contribution in [0.5, 0.6) is 0 Å². The molecule has 0 aliphatic carbocycles. The molecule has 0 radical (unpaired) electrons. The first-order chi connectivity index (χ1) is 9.31. The van der Waals surface area contributed by atoms with Gasteiger partial charge >= 0.3 is 0 Å². The third-order valence-electron chi connectivity index (χ3n) is 3.67. The van der Waals surface area contributed by atoms with E-state index in [1.54, 1.807) is 6.20 Å². The molecule has 0 spiro atoms. The number of hydrogen-bond donors (Lipinski definition) is 3. The highest BCUT2D eigenvalue weighted by Gasteiger charge is 2.15. The van der Waals surface area contributed by atoms with E-state index in [0.29, 0.717) is 12.3 Å². The molecular weight excluding hydrogens is 276 g/mol. The fourth-order valence-corrected chi connectivity index (χ4v) is 2.53. The number of aromatic nitrogens is 2. The Kier molecular flexibility index (Phi) is 4.98. The standard InChI is InChI=1S/C14H18N4O.ClH/c19-14(4-1-10-5-6-15-8-10)17-12-3-2-11-9-16-18-13(11)7-12;/h2-3,7,9-10,15H,1,4-6,8H2,(H,16,18)(H,17,19);1H. The molecule has 5 nitrogen and oxygen atoms in total. The Labute approximate surface area is 123 Å². The van der Waals surface area contributed by atoms with E-state index in [4.69, 9.17) is 0 Å². The van der Waals surface area contributed by atoms with Crippen LogP contribution in [0.2, 0.25) is 0 Å². The molecule has 1 fully saturated rings. The predicted molar refractivity (Wildman–Crippen MR) is 82.2 cm³/mol. The highest BCUT2D eigenvalue weighted by atomic mass is 35.5. The lowest BCUT2D eigenvalue weighted by Crippen LogP contribution is -2.14. The molecule has 3 rings (SSSR count). The van der Waals surface area contributed by atoms with E-state index in [9.17, 15) is 4.79 Å². The molecule has 1 unspecified atom stereocenters. The Hall–Kier alpha value is -1.59. The van der Waals surface area contributed by atoms with Gasteiger partial charge in [-0.3, -0.25) is 9.89 Å². The third-order valence-corrected chi connectivity index (χ3v) is 3.67. The van der Waals surface area contributed by atoms with Crippen molar-refractivity contribution in [1.82, 2.24) is 15.5 Å². The lowest BCUT2D eigenvalue weighted by molar-refractivity contribution is -0.116. The molecule has 1 aliphatic rings. The number of amides is 1. The Balaban J connectivity index is 0.00000147. The van der Waals surface area contributed by atoms with E-state index in [-0.39, 0.29) is 18.3 Å². The zero-order valence-corrected chi connectivity index (χ0v) is 12.0. The summed E-state index contributed by atoms with van der Waals surface area (Å²) in [5.74, 6) is 0.742. The van der Waals surface area contributed by atoms with Crippen LogP contribution in [-0.2, 0) is 4.79 Å². The summed E-state index contributed by atoms with van der Waals surface area (Å²) in [7, 11) is 0. The zero-order valence-electron chi connectivity index (χ0n) is 11.2. The van der Waals surface area contributed by atoms with E-state index in [1.807, 2.05) is 18.2 Å². The van der Waals surface area contributed by atoms with Gasteiger partial charge in [0.25, 0.3) is 0 Å². The van der Waals surface area contributed by atoms with Crippen molar-refractivity contribution in [2.45, 2.75) is 19.3 Å². The number of H-pyrrole nitrogens is 1. The second kappa shape index (κ2) is 6.72. The van der Waals surface area contributed by atoms with Crippen LogP contribution in [-0.4, -0.2) is 29.2 Å². The number of aromatic amines is 1. The molecule has 20 heavy (non-hydrogen) atoms. The minimum atomic E-state index is 0. The molecule has 1 aromatic heterocycles. The number of benzene rings is 1. The van der Waals surface area contributed by atoms with E-state index < -0.39 is 0 Å². The van der Waals surface area contributed by atoms with Crippen molar-refractivity contribution in [2.75, 3.05) is 18.4 Å². The van der Waals surface area contributed by atoms with Gasteiger partial charge in [0, 0.05) is 17.5 Å². The van der Waals surface area contributed by atoms with Crippen molar-refractivity contribution in [3.63, 3.8) is 0 Å². The predicted octanol–water partition coefficient (Wildman–Crippen LogP) is 2.31. The maximum Gasteiger partial charge on any atom is 0.224 e. The highest BCUT2D eigenvalue weighted by Crippen LogP contribution is 2.18. The first-order valence-corrected chi connectivity index (χ1v) is 6.75. The van der Waals surface area contributed by atoms with E-state index in [1.165, 1.54) is 6.42 Å². The summed E-state index contributed by atoms with van der Waals surface area (Å²) in [6, 6.07) is 5.78. The van der Waals surface area contributed by atoms with E-state index >= 15 is 0 Å². The second-order valence-corrected chi connectivity index (χ2v) is 5.12. The number of anilines is 1. The van der Waals surface area contributed by atoms with Crippen LogP contribution in [0.3, 0.4) is 0 Å². The third kappa shape index (κ3) is 3.49. The maximum absolute atomic E-state index is 11.9. The largest absolute Gasteiger partial charge is 0.326 e. The van der Waals surface area contributed by atoms with Gasteiger partial charge < -0.3 is 10.6 Å². The minimum Gasteiger partial charge on any atom is -0.326 e. The van der Waals surface area contributed by atoms with Crippen molar-refractivity contribution < 1.29 is 4.79 Å². The Morgan fingerprint density at radius 1 is 1.45 bits per heavy atom. The number of fused-ring (bicyclic) bond motifs is 1. The van der Waals surface area contributed by atoms with Crippen LogP contribution in [0.1, 0.15) is 19.3 Å². The average molecular weight is 295 g/mol. The fourth-order valence-electron chi connectivity index (χ4n) is 2.53. The van der Waals surface area contributed by atoms with Gasteiger partial charge in [-0.2, -0.15) is 5.10 Å². The molecule has 1 atom stereocenters. The monoisotopic (exact) mass is 294 g/mol. The van der Waals surface area contributed by atoms with Gasteiger partial charge in [0.15, 0.2) is 0 Å². The Morgan fingerprint density at radius 2 is 2.35 bits per heavy atom. The van der Waals surface area contributed by atoms with Crippen molar-refractivity contribution in [2.24, 2.45) is 5.92 Å². The second-order valence-electron chi connectivity index (χ2n) is 5.12. The lowest BCUT2D eigenvalue weighted by Gasteiger charge is -2.08. The quantitative estimate of drug-likeness (QED) is 0.810. The molecule has 1 saturated heterocycles. The summed E-state index contributed by atoms with van der Waals surface area (Å²) < 4.78 is 0. The van der Waals surface area contributed by atoms with Gasteiger partial charge in [-0.1, -0.05) is 0 Å². The van der Waals surface area contributed by atoms with Gasteiger partial charge in [0.05, 0.1) is 11.7 Å². The molecule has 1 aliphatic heterocycles. The van der Waals surface area contributed by atoms with Gasteiger partial charge in [0.2, 0.25) is 5.91 Å². The maximum atomic E-state index is 11.9. The fraction of sp³-hybridized carbons (Fsp3) is 0.429. The molecular formula is C14H19ClN4O. The number of nitrogens with zero attached hydrogens (tertiary/aromatic N) is 1. The molecule has 2 heterocycles. The lowest BCUT2D eigenvalue weighted by atomic mass is 10.0. The van der Waals surface area contributed by atoms with Crippen LogP contribution in [0, 0.1) is 5.92 Å². The van der Waals surface area contributed by atoms with Crippen LogP contribution >= 0.6 is 12.4 Å². The Bertz CT molecular complexity index is 577. The topological polar surface area (TPSA) is 69.8 Å². The van der Waals surface area contributed by atoms with Gasteiger partial charge in [-0.05, 0) is 50.0 Å². The Morgan fingerprint density at radius 3 is 3.15 bits per heavy atom. The minimum absolute atomic E-state index is 0. The first kappa shape index (κ1) is 14.8. The molecule has 1 amide bonds. The molecule has 108 valence electrons. The van der Waals surface area contributed by atoms with Gasteiger partial charge in [-0.25, -0.2) is 0 Å². The van der Waals surface area contributed by atoms with E-state index in [2.05, 4.69) is 20.8 Å². The van der Waals surface area contributed by atoms with Gasteiger partial charge in [-0.15, -0.1) is 12.4 Å².